The lowest BCUT2D eigenvalue weighted by atomic mass is 10.1. The summed E-state index contributed by atoms with van der Waals surface area (Å²) in [5.41, 5.74) is 2.80. The van der Waals surface area contributed by atoms with Gasteiger partial charge in [0.15, 0.2) is 0 Å². The molecule has 0 aliphatic rings. The van der Waals surface area contributed by atoms with E-state index in [1.54, 1.807) is 14.0 Å². The Kier molecular flexibility index (Phi) is 6.13. The van der Waals surface area contributed by atoms with Crippen LogP contribution in [0.4, 0.5) is 5.69 Å². The SMILES string of the molecule is CCc1ccc(NC(=O)[C@H](C)Sc2nnc(-c3ccc(OC)cc3)o2)cc1. The van der Waals surface area contributed by atoms with Gasteiger partial charge in [-0.2, -0.15) is 0 Å². The number of aromatic nitrogens is 2. The molecule has 0 saturated heterocycles. The zero-order chi connectivity index (χ0) is 19.2. The van der Waals surface area contributed by atoms with Crippen LogP contribution in [-0.2, 0) is 11.2 Å². The number of carbonyl (C=O) groups excluding carboxylic acids is 1. The molecule has 0 saturated carbocycles. The van der Waals surface area contributed by atoms with E-state index in [-0.39, 0.29) is 11.2 Å². The van der Waals surface area contributed by atoms with Crippen LogP contribution in [0.25, 0.3) is 11.5 Å². The highest BCUT2D eigenvalue weighted by atomic mass is 32.2. The van der Waals surface area contributed by atoms with Crippen LogP contribution in [0.15, 0.2) is 58.2 Å². The summed E-state index contributed by atoms with van der Waals surface area (Å²) >= 11 is 1.22. The van der Waals surface area contributed by atoms with Crippen LogP contribution in [0.5, 0.6) is 5.75 Å². The third kappa shape index (κ3) is 4.89. The van der Waals surface area contributed by atoms with Crippen molar-refractivity contribution in [1.82, 2.24) is 10.2 Å². The van der Waals surface area contributed by atoms with Crippen molar-refractivity contribution >= 4 is 23.4 Å². The number of nitrogens with zero attached hydrogens (tertiary/aromatic N) is 2. The van der Waals surface area contributed by atoms with Crippen LogP contribution in [-0.4, -0.2) is 28.5 Å². The topological polar surface area (TPSA) is 77.2 Å². The molecule has 3 aromatic rings. The Morgan fingerprint density at radius 3 is 2.48 bits per heavy atom. The highest BCUT2D eigenvalue weighted by molar-refractivity contribution is 8.00. The normalized spacial score (nSPS) is 11.8. The summed E-state index contributed by atoms with van der Waals surface area (Å²) in [5.74, 6) is 1.04. The maximum Gasteiger partial charge on any atom is 0.277 e. The number of anilines is 1. The Morgan fingerprint density at radius 2 is 1.85 bits per heavy atom. The minimum absolute atomic E-state index is 0.117. The first-order chi connectivity index (χ1) is 13.1. The predicted octanol–water partition coefficient (Wildman–Crippen LogP) is 4.43. The average Bonchev–Trinajstić information content (AvgIpc) is 3.17. The lowest BCUT2D eigenvalue weighted by molar-refractivity contribution is -0.115. The number of carbonyl (C=O) groups is 1. The smallest absolute Gasteiger partial charge is 0.277 e. The van der Waals surface area contributed by atoms with E-state index in [2.05, 4.69) is 22.4 Å². The molecule has 0 unspecified atom stereocenters. The molecule has 1 heterocycles. The van der Waals surface area contributed by atoms with Crippen molar-refractivity contribution in [3.05, 3.63) is 54.1 Å². The van der Waals surface area contributed by atoms with Crippen molar-refractivity contribution in [2.45, 2.75) is 30.7 Å². The van der Waals surface area contributed by atoms with Gasteiger partial charge in [-0.25, -0.2) is 0 Å². The first-order valence-electron chi connectivity index (χ1n) is 8.63. The number of hydrogen-bond acceptors (Lipinski definition) is 6. The predicted molar refractivity (Wildman–Crippen MR) is 106 cm³/mol. The minimum Gasteiger partial charge on any atom is -0.497 e. The Labute approximate surface area is 162 Å². The van der Waals surface area contributed by atoms with Gasteiger partial charge in [-0.3, -0.25) is 4.79 Å². The Morgan fingerprint density at radius 1 is 1.15 bits per heavy atom. The van der Waals surface area contributed by atoms with Gasteiger partial charge in [0, 0.05) is 11.3 Å². The van der Waals surface area contributed by atoms with Gasteiger partial charge in [0.05, 0.1) is 12.4 Å². The van der Waals surface area contributed by atoms with E-state index in [9.17, 15) is 4.79 Å². The van der Waals surface area contributed by atoms with Crippen molar-refractivity contribution < 1.29 is 13.9 Å². The van der Waals surface area contributed by atoms with Gasteiger partial charge >= 0.3 is 0 Å². The van der Waals surface area contributed by atoms with Crippen LogP contribution in [0.3, 0.4) is 0 Å². The number of amides is 1. The number of thioether (sulfide) groups is 1. The second-order valence-corrected chi connectivity index (χ2v) is 7.19. The van der Waals surface area contributed by atoms with E-state index in [4.69, 9.17) is 9.15 Å². The van der Waals surface area contributed by atoms with E-state index in [0.717, 1.165) is 23.4 Å². The Balaban J connectivity index is 1.60. The molecule has 1 aromatic heterocycles. The fourth-order valence-corrected chi connectivity index (χ4v) is 3.06. The number of hydrogen-bond donors (Lipinski definition) is 1. The summed E-state index contributed by atoms with van der Waals surface area (Å²) in [6.45, 7) is 3.90. The molecular formula is C20H21N3O3S. The fraction of sp³-hybridized carbons (Fsp3) is 0.250. The van der Waals surface area contributed by atoms with Gasteiger partial charge in [0.2, 0.25) is 11.8 Å². The molecule has 7 heteroatoms. The number of ether oxygens (including phenoxy) is 1. The molecule has 2 aromatic carbocycles. The number of benzene rings is 2. The maximum absolute atomic E-state index is 12.4. The first-order valence-corrected chi connectivity index (χ1v) is 9.51. The fourth-order valence-electron chi connectivity index (χ4n) is 2.38. The molecule has 140 valence electrons. The van der Waals surface area contributed by atoms with Crippen molar-refractivity contribution in [2.24, 2.45) is 0 Å². The molecule has 3 rings (SSSR count). The number of methoxy groups -OCH3 is 1. The highest BCUT2D eigenvalue weighted by Gasteiger charge is 2.19. The summed E-state index contributed by atoms with van der Waals surface area (Å²) < 4.78 is 10.8. The van der Waals surface area contributed by atoms with Crippen molar-refractivity contribution in [1.29, 1.82) is 0 Å². The summed E-state index contributed by atoms with van der Waals surface area (Å²) in [7, 11) is 1.61. The molecule has 27 heavy (non-hydrogen) atoms. The second-order valence-electron chi connectivity index (χ2n) is 5.90. The highest BCUT2D eigenvalue weighted by Crippen LogP contribution is 2.27. The van der Waals surface area contributed by atoms with Crippen LogP contribution in [0.2, 0.25) is 0 Å². The summed E-state index contributed by atoms with van der Waals surface area (Å²) in [4.78, 5) is 12.4. The van der Waals surface area contributed by atoms with Gasteiger partial charge in [-0.1, -0.05) is 30.8 Å². The molecule has 1 amide bonds. The monoisotopic (exact) mass is 383 g/mol. The summed E-state index contributed by atoms with van der Waals surface area (Å²) in [6.07, 6.45) is 0.966. The Bertz CT molecular complexity index is 892. The molecule has 0 radical (unpaired) electrons. The van der Waals surface area contributed by atoms with Crippen LogP contribution in [0.1, 0.15) is 19.4 Å². The van der Waals surface area contributed by atoms with E-state index in [1.807, 2.05) is 48.5 Å². The van der Waals surface area contributed by atoms with E-state index in [1.165, 1.54) is 17.3 Å². The molecule has 0 fully saturated rings. The minimum atomic E-state index is -0.375. The van der Waals surface area contributed by atoms with Crippen LogP contribution in [0, 0.1) is 0 Å². The largest absolute Gasteiger partial charge is 0.497 e. The zero-order valence-electron chi connectivity index (χ0n) is 15.4. The number of nitrogens with one attached hydrogen (secondary N) is 1. The second kappa shape index (κ2) is 8.73. The quantitative estimate of drug-likeness (QED) is 0.608. The summed E-state index contributed by atoms with van der Waals surface area (Å²) in [5, 5.41) is 10.9. The number of rotatable bonds is 7. The number of aryl methyl sites for hydroxylation is 1. The molecule has 0 aliphatic heterocycles. The molecule has 6 nitrogen and oxygen atoms in total. The average molecular weight is 383 g/mol. The molecule has 0 aliphatic carbocycles. The third-order valence-electron chi connectivity index (χ3n) is 4.02. The van der Waals surface area contributed by atoms with Crippen LogP contribution >= 0.6 is 11.8 Å². The lowest BCUT2D eigenvalue weighted by Gasteiger charge is -2.10. The summed E-state index contributed by atoms with van der Waals surface area (Å²) in [6, 6.07) is 15.2. The first kappa shape index (κ1) is 19.0. The van der Waals surface area contributed by atoms with Gasteiger partial charge in [-0.05, 0) is 55.3 Å². The zero-order valence-corrected chi connectivity index (χ0v) is 16.2. The van der Waals surface area contributed by atoms with Gasteiger partial charge < -0.3 is 14.5 Å². The lowest BCUT2D eigenvalue weighted by Crippen LogP contribution is -2.22. The van der Waals surface area contributed by atoms with Gasteiger partial charge in [0.25, 0.3) is 5.22 Å². The van der Waals surface area contributed by atoms with E-state index >= 15 is 0 Å². The van der Waals surface area contributed by atoms with Gasteiger partial charge in [-0.15, -0.1) is 10.2 Å². The van der Waals surface area contributed by atoms with Crippen molar-refractivity contribution in [2.75, 3.05) is 12.4 Å². The third-order valence-corrected chi connectivity index (χ3v) is 4.95. The Hall–Kier alpha value is -2.80. The molecule has 1 N–H and O–H groups in total. The molecule has 0 spiro atoms. The van der Waals surface area contributed by atoms with Gasteiger partial charge in [0.1, 0.15) is 5.75 Å². The van der Waals surface area contributed by atoms with E-state index in [0.29, 0.717) is 11.1 Å². The molecular weight excluding hydrogens is 362 g/mol. The molecule has 1 atom stereocenters. The van der Waals surface area contributed by atoms with Crippen LogP contribution < -0.4 is 10.1 Å². The van der Waals surface area contributed by atoms with E-state index < -0.39 is 0 Å². The van der Waals surface area contributed by atoms with Crippen molar-refractivity contribution in [3.8, 4) is 17.2 Å². The standard InChI is InChI=1S/C20H21N3O3S/c1-4-14-5-9-16(10-6-14)21-18(24)13(2)27-20-23-22-19(26-20)15-7-11-17(25-3)12-8-15/h5-13H,4H2,1-3H3,(H,21,24)/t13-/m0/s1. The molecule has 0 bridgehead atoms. The van der Waals surface area contributed by atoms with Crippen molar-refractivity contribution in [3.63, 3.8) is 0 Å². The maximum atomic E-state index is 12.4.